The average molecular weight is 674 g/mol. The molecule has 1 atom stereocenters. The molecule has 0 saturated carbocycles. The standard InChI is InChI=1S/C34H23Cl6NO/c1-4-7-21(35)15-22(36)16-23(33-28(39)17-41-18-29(33)40)32-26(37)13-20(14-27(32)38)19-10-11-31-25(12-19)34(2,3)24-8-5-6-9-30(24)42-31/h1,5-15,17-18,23H,16H2,2-3H3/b21-7+,22-15+. The number of nitrogens with zero attached hydrogens (tertiary/aromatic N) is 1. The molecule has 0 spiro atoms. The number of rotatable bonds is 6. The van der Waals surface area contributed by atoms with E-state index in [4.69, 9.17) is 80.8 Å². The molecule has 1 unspecified atom stereocenters. The molecule has 0 saturated heterocycles. The molecular weight excluding hydrogens is 651 g/mol. The predicted octanol–water partition coefficient (Wildman–Crippen LogP) is 12.2. The summed E-state index contributed by atoms with van der Waals surface area (Å²) in [5.74, 6) is 3.55. The van der Waals surface area contributed by atoms with E-state index in [1.54, 1.807) is 6.08 Å². The van der Waals surface area contributed by atoms with Crippen molar-refractivity contribution in [3.05, 3.63) is 132 Å². The van der Waals surface area contributed by atoms with Crippen LogP contribution in [0.2, 0.25) is 20.1 Å². The van der Waals surface area contributed by atoms with Gasteiger partial charge in [0.05, 0.1) is 15.1 Å². The van der Waals surface area contributed by atoms with Crippen LogP contribution in [0.1, 0.15) is 48.4 Å². The van der Waals surface area contributed by atoms with Gasteiger partial charge < -0.3 is 4.74 Å². The van der Waals surface area contributed by atoms with E-state index in [2.05, 4.69) is 36.9 Å². The average Bonchev–Trinajstić information content (AvgIpc) is 2.92. The lowest BCUT2D eigenvalue weighted by Crippen LogP contribution is -2.24. The van der Waals surface area contributed by atoms with Crippen molar-refractivity contribution >= 4 is 69.6 Å². The number of terminal acetylenes is 1. The summed E-state index contributed by atoms with van der Waals surface area (Å²) in [6, 6.07) is 18.0. The summed E-state index contributed by atoms with van der Waals surface area (Å²) in [5.41, 5.74) is 4.93. The maximum atomic E-state index is 7.00. The predicted molar refractivity (Wildman–Crippen MR) is 178 cm³/mol. The van der Waals surface area contributed by atoms with E-state index >= 15 is 0 Å². The van der Waals surface area contributed by atoms with Crippen LogP contribution in [0.3, 0.4) is 0 Å². The quantitative estimate of drug-likeness (QED) is 0.150. The molecule has 0 fully saturated rings. The number of benzene rings is 3. The van der Waals surface area contributed by atoms with Gasteiger partial charge in [-0.2, -0.15) is 0 Å². The number of fused-ring (bicyclic) bond motifs is 2. The number of para-hydroxylation sites is 1. The first kappa shape index (κ1) is 30.8. The highest BCUT2D eigenvalue weighted by Gasteiger charge is 2.34. The van der Waals surface area contributed by atoms with Crippen LogP contribution in [-0.4, -0.2) is 4.98 Å². The monoisotopic (exact) mass is 671 g/mol. The lowest BCUT2D eigenvalue weighted by atomic mass is 9.75. The molecule has 0 radical (unpaired) electrons. The van der Waals surface area contributed by atoms with Crippen molar-refractivity contribution in [1.82, 2.24) is 4.98 Å². The van der Waals surface area contributed by atoms with Gasteiger partial charge in [0.15, 0.2) is 0 Å². The molecule has 42 heavy (non-hydrogen) atoms. The van der Waals surface area contributed by atoms with Crippen LogP contribution in [-0.2, 0) is 5.41 Å². The smallest absolute Gasteiger partial charge is 0.131 e. The first-order chi connectivity index (χ1) is 20.0. The molecule has 212 valence electrons. The van der Waals surface area contributed by atoms with Crippen molar-refractivity contribution in [2.45, 2.75) is 31.6 Å². The highest BCUT2D eigenvalue weighted by molar-refractivity contribution is 6.38. The third-order valence-corrected chi connectivity index (χ3v) is 9.06. The van der Waals surface area contributed by atoms with Gasteiger partial charge in [0, 0.05) is 61.6 Å². The lowest BCUT2D eigenvalue weighted by Gasteiger charge is -2.34. The van der Waals surface area contributed by atoms with Crippen LogP contribution in [0.5, 0.6) is 11.5 Å². The molecule has 2 nitrogen and oxygen atoms in total. The number of allylic oxidation sites excluding steroid dienone is 4. The Balaban J connectivity index is 1.60. The van der Waals surface area contributed by atoms with Gasteiger partial charge in [-0.15, -0.1) is 6.42 Å². The number of hydrogen-bond donors (Lipinski definition) is 0. The Hall–Kier alpha value is -2.61. The number of pyridine rings is 1. The van der Waals surface area contributed by atoms with E-state index in [0.29, 0.717) is 41.3 Å². The summed E-state index contributed by atoms with van der Waals surface area (Å²) in [6.45, 7) is 4.38. The Bertz CT molecular complexity index is 1760. The SMILES string of the molecule is C#C/C=C(Cl)\C=C(\Cl)CC(c1c(Cl)cncc1Cl)c1c(Cl)cc(-c2ccc3c(c2)C(C)(C)c2ccccc2O3)cc1Cl. The molecule has 8 heteroatoms. The highest BCUT2D eigenvalue weighted by atomic mass is 35.5. The summed E-state index contributed by atoms with van der Waals surface area (Å²) in [4.78, 5) is 4.09. The zero-order valence-corrected chi connectivity index (χ0v) is 27.0. The van der Waals surface area contributed by atoms with E-state index in [9.17, 15) is 0 Å². The van der Waals surface area contributed by atoms with Gasteiger partial charge in [-0.05, 0) is 59.5 Å². The summed E-state index contributed by atoms with van der Waals surface area (Å²) in [5, 5.41) is 2.29. The molecule has 0 N–H and O–H groups in total. The topological polar surface area (TPSA) is 22.1 Å². The number of hydrogen-bond acceptors (Lipinski definition) is 2. The van der Waals surface area contributed by atoms with Crippen molar-refractivity contribution in [1.29, 1.82) is 0 Å². The Morgan fingerprint density at radius 2 is 1.48 bits per heavy atom. The highest BCUT2D eigenvalue weighted by Crippen LogP contribution is 2.50. The number of halogens is 6. The fourth-order valence-corrected chi connectivity index (χ4v) is 7.23. The Labute approximate surface area is 275 Å². The van der Waals surface area contributed by atoms with Crippen molar-refractivity contribution in [2.75, 3.05) is 0 Å². The van der Waals surface area contributed by atoms with Crippen LogP contribution >= 0.6 is 69.6 Å². The van der Waals surface area contributed by atoms with Gasteiger partial charge in [0.1, 0.15) is 11.5 Å². The van der Waals surface area contributed by atoms with Gasteiger partial charge in [-0.25, -0.2) is 0 Å². The zero-order chi connectivity index (χ0) is 30.2. The van der Waals surface area contributed by atoms with Crippen molar-refractivity contribution < 1.29 is 4.74 Å². The van der Waals surface area contributed by atoms with Crippen molar-refractivity contribution in [2.24, 2.45) is 0 Å². The fourth-order valence-electron chi connectivity index (χ4n) is 5.33. The Kier molecular flexibility index (Phi) is 9.22. The summed E-state index contributed by atoms with van der Waals surface area (Å²) in [7, 11) is 0. The molecule has 0 bridgehead atoms. The number of ether oxygens (including phenoxy) is 1. The van der Waals surface area contributed by atoms with Crippen molar-refractivity contribution in [3.8, 4) is 35.0 Å². The van der Waals surface area contributed by atoms with Gasteiger partial charge in [-0.3, -0.25) is 4.98 Å². The van der Waals surface area contributed by atoms with E-state index < -0.39 is 5.92 Å². The second-order valence-corrected chi connectivity index (χ2v) is 12.9. The Morgan fingerprint density at radius 3 is 2.14 bits per heavy atom. The third-order valence-electron chi connectivity index (χ3n) is 7.35. The normalized spacial score (nSPS) is 14.8. The minimum Gasteiger partial charge on any atom is -0.457 e. The molecule has 1 aliphatic heterocycles. The largest absolute Gasteiger partial charge is 0.457 e. The van der Waals surface area contributed by atoms with Crippen molar-refractivity contribution in [3.63, 3.8) is 0 Å². The van der Waals surface area contributed by atoms with E-state index in [0.717, 1.165) is 33.8 Å². The van der Waals surface area contributed by atoms with E-state index in [-0.39, 0.29) is 11.8 Å². The summed E-state index contributed by atoms with van der Waals surface area (Å²) >= 11 is 40.0. The summed E-state index contributed by atoms with van der Waals surface area (Å²) < 4.78 is 6.23. The minimum atomic E-state index is -0.506. The van der Waals surface area contributed by atoms with Crippen LogP contribution < -0.4 is 4.74 Å². The number of aromatic nitrogens is 1. The fraction of sp³-hybridized carbons (Fsp3) is 0.147. The molecule has 0 amide bonds. The molecule has 0 aliphatic carbocycles. The van der Waals surface area contributed by atoms with Crippen LogP contribution in [0.15, 0.2) is 89.2 Å². The molecule has 2 heterocycles. The molecular formula is C34H23Cl6NO. The van der Waals surface area contributed by atoms with Gasteiger partial charge in [0.25, 0.3) is 0 Å². The Morgan fingerprint density at radius 1 is 0.857 bits per heavy atom. The van der Waals surface area contributed by atoms with Crippen LogP contribution in [0.4, 0.5) is 0 Å². The van der Waals surface area contributed by atoms with Crippen LogP contribution in [0.25, 0.3) is 11.1 Å². The third kappa shape index (κ3) is 6.06. The van der Waals surface area contributed by atoms with E-state index in [1.165, 1.54) is 18.5 Å². The summed E-state index contributed by atoms with van der Waals surface area (Å²) in [6.07, 6.45) is 11.6. The second-order valence-electron chi connectivity index (χ2n) is 10.3. The van der Waals surface area contributed by atoms with E-state index in [1.807, 2.05) is 42.5 Å². The first-order valence-corrected chi connectivity index (χ1v) is 15.2. The van der Waals surface area contributed by atoms with Gasteiger partial charge in [-0.1, -0.05) is 114 Å². The molecule has 4 aromatic rings. The first-order valence-electron chi connectivity index (χ1n) is 12.9. The lowest BCUT2D eigenvalue weighted by molar-refractivity contribution is 0.418. The minimum absolute atomic E-state index is 0.252. The maximum absolute atomic E-state index is 7.00. The molecule has 5 rings (SSSR count). The van der Waals surface area contributed by atoms with Gasteiger partial charge in [0.2, 0.25) is 0 Å². The van der Waals surface area contributed by atoms with Gasteiger partial charge >= 0.3 is 0 Å². The molecule has 3 aromatic carbocycles. The second kappa shape index (κ2) is 12.6. The van der Waals surface area contributed by atoms with Crippen LogP contribution in [0, 0.1) is 12.3 Å². The molecule has 1 aromatic heterocycles. The molecule has 1 aliphatic rings. The zero-order valence-electron chi connectivity index (χ0n) is 22.5. The maximum Gasteiger partial charge on any atom is 0.131 e.